The van der Waals surface area contributed by atoms with E-state index in [0.29, 0.717) is 25.9 Å². The fourth-order valence-corrected chi connectivity index (χ4v) is 2.32. The van der Waals surface area contributed by atoms with Crippen LogP contribution in [-0.2, 0) is 15.0 Å². The molecule has 0 heterocycles. The number of nitrogens with one attached hydrogen (secondary N) is 1. The van der Waals surface area contributed by atoms with Gasteiger partial charge in [-0.3, -0.25) is 0 Å². The Hall–Kier alpha value is -0.940. The van der Waals surface area contributed by atoms with E-state index in [1.807, 2.05) is 30.3 Å². The van der Waals surface area contributed by atoms with Crippen LogP contribution in [0.3, 0.4) is 0 Å². The second kappa shape index (κ2) is 7.74. The number of methoxy groups -OCH3 is 1. The Morgan fingerprint density at radius 1 is 1.25 bits per heavy atom. The minimum Gasteiger partial charge on any atom is -0.394 e. The summed E-state index contributed by atoms with van der Waals surface area (Å²) in [4.78, 5) is 0. The third-order valence-corrected chi connectivity index (χ3v) is 3.64. The lowest BCUT2D eigenvalue weighted by molar-refractivity contribution is 0.0245. The molecule has 1 unspecified atom stereocenters. The first-order valence-electron chi connectivity index (χ1n) is 7.31. The van der Waals surface area contributed by atoms with Crippen LogP contribution in [0, 0.1) is 0 Å². The van der Waals surface area contributed by atoms with Crippen molar-refractivity contribution >= 4 is 0 Å². The quantitative estimate of drug-likeness (QED) is 0.640. The summed E-state index contributed by atoms with van der Waals surface area (Å²) in [6.45, 7) is 1.87. The average Bonchev–Trinajstić information content (AvgIpc) is 3.30. The van der Waals surface area contributed by atoms with E-state index in [0.717, 1.165) is 12.0 Å². The first-order chi connectivity index (χ1) is 9.80. The third kappa shape index (κ3) is 4.28. The van der Waals surface area contributed by atoms with Crippen molar-refractivity contribution in [3.8, 4) is 0 Å². The highest BCUT2D eigenvalue weighted by Crippen LogP contribution is 2.29. The maximum atomic E-state index is 9.94. The first kappa shape index (κ1) is 15.4. The van der Waals surface area contributed by atoms with Gasteiger partial charge in [0.15, 0.2) is 0 Å². The number of ether oxygens (including phenoxy) is 2. The van der Waals surface area contributed by atoms with Crippen LogP contribution in [0.4, 0.5) is 0 Å². The van der Waals surface area contributed by atoms with Gasteiger partial charge in [-0.1, -0.05) is 30.3 Å². The summed E-state index contributed by atoms with van der Waals surface area (Å²) in [5.74, 6) is 0. The van der Waals surface area contributed by atoms with Crippen molar-refractivity contribution in [3.63, 3.8) is 0 Å². The summed E-state index contributed by atoms with van der Waals surface area (Å²) >= 11 is 0. The van der Waals surface area contributed by atoms with Crippen LogP contribution in [0.1, 0.15) is 24.8 Å². The lowest BCUT2D eigenvalue weighted by Gasteiger charge is -2.33. The Morgan fingerprint density at radius 2 is 2.00 bits per heavy atom. The molecule has 0 saturated heterocycles. The highest BCUT2D eigenvalue weighted by Gasteiger charge is 2.37. The zero-order chi connectivity index (χ0) is 14.3. The topological polar surface area (TPSA) is 50.7 Å². The van der Waals surface area contributed by atoms with Gasteiger partial charge < -0.3 is 19.9 Å². The lowest BCUT2D eigenvalue weighted by atomic mass is 9.91. The molecule has 20 heavy (non-hydrogen) atoms. The Labute approximate surface area is 121 Å². The van der Waals surface area contributed by atoms with E-state index in [1.54, 1.807) is 7.11 Å². The van der Waals surface area contributed by atoms with Gasteiger partial charge >= 0.3 is 0 Å². The summed E-state index contributed by atoms with van der Waals surface area (Å²) in [7, 11) is 1.69. The molecule has 1 aliphatic carbocycles. The van der Waals surface area contributed by atoms with Gasteiger partial charge in [0.25, 0.3) is 0 Å². The number of rotatable bonds is 10. The number of aliphatic hydroxyl groups is 1. The molecule has 1 aromatic rings. The molecule has 4 heteroatoms. The van der Waals surface area contributed by atoms with Gasteiger partial charge in [0.05, 0.1) is 18.8 Å². The number of aliphatic hydroxyl groups excluding tert-OH is 1. The Balaban J connectivity index is 1.98. The van der Waals surface area contributed by atoms with Crippen molar-refractivity contribution in [2.45, 2.75) is 30.8 Å². The van der Waals surface area contributed by atoms with E-state index in [1.165, 1.54) is 12.8 Å². The van der Waals surface area contributed by atoms with Crippen LogP contribution in [0.15, 0.2) is 30.3 Å². The summed E-state index contributed by atoms with van der Waals surface area (Å²) in [5, 5.41) is 13.5. The zero-order valence-corrected chi connectivity index (χ0v) is 12.2. The summed E-state index contributed by atoms with van der Waals surface area (Å²) in [6.07, 6.45) is 3.23. The van der Waals surface area contributed by atoms with Crippen LogP contribution in [0.25, 0.3) is 0 Å². The zero-order valence-electron chi connectivity index (χ0n) is 12.2. The van der Waals surface area contributed by atoms with Crippen molar-refractivity contribution in [1.29, 1.82) is 0 Å². The number of benzene rings is 1. The molecule has 0 spiro atoms. The van der Waals surface area contributed by atoms with E-state index in [2.05, 4.69) is 5.32 Å². The van der Waals surface area contributed by atoms with Crippen LogP contribution in [0.2, 0.25) is 0 Å². The van der Waals surface area contributed by atoms with Gasteiger partial charge in [0, 0.05) is 26.4 Å². The molecule has 1 fully saturated rings. The van der Waals surface area contributed by atoms with Crippen LogP contribution < -0.4 is 5.32 Å². The second-order valence-corrected chi connectivity index (χ2v) is 5.42. The number of hydrogen-bond donors (Lipinski definition) is 2. The molecule has 0 bridgehead atoms. The van der Waals surface area contributed by atoms with Crippen molar-refractivity contribution in [1.82, 2.24) is 5.32 Å². The molecule has 0 radical (unpaired) electrons. The fraction of sp³-hybridized carbons (Fsp3) is 0.625. The van der Waals surface area contributed by atoms with Gasteiger partial charge in [-0.05, 0) is 24.8 Å². The van der Waals surface area contributed by atoms with Gasteiger partial charge in [-0.2, -0.15) is 0 Å². The average molecular weight is 279 g/mol. The summed E-state index contributed by atoms with van der Waals surface area (Å²) in [6, 6.07) is 10.6. The number of hydrogen-bond acceptors (Lipinski definition) is 4. The largest absolute Gasteiger partial charge is 0.394 e. The molecular formula is C16H25NO3. The molecule has 2 N–H and O–H groups in total. The van der Waals surface area contributed by atoms with Crippen LogP contribution in [0.5, 0.6) is 0 Å². The second-order valence-electron chi connectivity index (χ2n) is 5.42. The van der Waals surface area contributed by atoms with Gasteiger partial charge in [0.1, 0.15) is 0 Å². The van der Waals surface area contributed by atoms with E-state index in [9.17, 15) is 5.11 Å². The third-order valence-electron chi connectivity index (χ3n) is 3.64. The predicted molar refractivity (Wildman–Crippen MR) is 78.7 cm³/mol. The molecule has 0 aromatic heterocycles. The molecule has 0 amide bonds. The SMILES string of the molecule is COCCCOCC(CO)(NC1CC1)c1ccccc1. The fourth-order valence-electron chi connectivity index (χ4n) is 2.32. The predicted octanol–water partition coefficient (Wildman–Crippen LogP) is 1.68. The van der Waals surface area contributed by atoms with Crippen molar-refractivity contribution in [3.05, 3.63) is 35.9 Å². The molecule has 1 aromatic carbocycles. The van der Waals surface area contributed by atoms with Crippen molar-refractivity contribution in [2.24, 2.45) is 0 Å². The summed E-state index contributed by atoms with van der Waals surface area (Å²) < 4.78 is 10.8. The highest BCUT2D eigenvalue weighted by atomic mass is 16.5. The Bertz CT molecular complexity index is 381. The molecule has 0 aliphatic heterocycles. The normalized spacial score (nSPS) is 17.9. The Kier molecular flexibility index (Phi) is 5.98. The van der Waals surface area contributed by atoms with E-state index in [-0.39, 0.29) is 6.61 Å². The smallest absolute Gasteiger partial charge is 0.0908 e. The minimum absolute atomic E-state index is 0.0395. The van der Waals surface area contributed by atoms with E-state index in [4.69, 9.17) is 9.47 Å². The standard InChI is InChI=1S/C16H25NO3/c1-19-10-5-11-20-13-16(12-18,17-15-8-9-15)14-6-3-2-4-7-14/h2-4,6-7,15,17-18H,5,8-13H2,1H3. The molecule has 1 aliphatic rings. The van der Waals surface area contributed by atoms with Gasteiger partial charge in [-0.25, -0.2) is 0 Å². The molecule has 1 saturated carbocycles. The molecule has 112 valence electrons. The highest BCUT2D eigenvalue weighted by molar-refractivity contribution is 5.25. The molecule has 1 atom stereocenters. The molecule has 4 nitrogen and oxygen atoms in total. The summed E-state index contributed by atoms with van der Waals surface area (Å²) in [5.41, 5.74) is 0.594. The monoisotopic (exact) mass is 279 g/mol. The lowest BCUT2D eigenvalue weighted by Crippen LogP contribution is -2.50. The maximum absolute atomic E-state index is 9.94. The molecular weight excluding hydrogens is 254 g/mol. The maximum Gasteiger partial charge on any atom is 0.0908 e. The van der Waals surface area contributed by atoms with Gasteiger partial charge in [0.2, 0.25) is 0 Å². The Morgan fingerprint density at radius 3 is 2.60 bits per heavy atom. The van der Waals surface area contributed by atoms with Gasteiger partial charge in [-0.15, -0.1) is 0 Å². The van der Waals surface area contributed by atoms with Crippen LogP contribution >= 0.6 is 0 Å². The van der Waals surface area contributed by atoms with E-state index >= 15 is 0 Å². The van der Waals surface area contributed by atoms with Crippen molar-refractivity contribution < 1.29 is 14.6 Å². The van der Waals surface area contributed by atoms with E-state index < -0.39 is 5.54 Å². The first-order valence-corrected chi connectivity index (χ1v) is 7.31. The van der Waals surface area contributed by atoms with Crippen molar-refractivity contribution in [2.75, 3.05) is 33.5 Å². The minimum atomic E-state index is -0.491. The van der Waals surface area contributed by atoms with Crippen LogP contribution in [-0.4, -0.2) is 44.7 Å². The molecule has 2 rings (SSSR count).